The summed E-state index contributed by atoms with van der Waals surface area (Å²) in [5.74, 6) is 0.176. The number of halogens is 1. The van der Waals surface area contributed by atoms with Gasteiger partial charge >= 0.3 is 0 Å². The molecule has 4 aromatic heterocycles. The number of aliphatic hydroxyl groups excluding tert-OH is 1. The van der Waals surface area contributed by atoms with Gasteiger partial charge in [-0.15, -0.1) is 0 Å². The maximum Gasteiger partial charge on any atom is 0.220 e. The van der Waals surface area contributed by atoms with Crippen molar-refractivity contribution in [3.63, 3.8) is 0 Å². The lowest BCUT2D eigenvalue weighted by atomic mass is 10.1. The first-order valence-corrected chi connectivity index (χ1v) is 8.70. The van der Waals surface area contributed by atoms with Crippen molar-refractivity contribution in [3.05, 3.63) is 41.9 Å². The van der Waals surface area contributed by atoms with Gasteiger partial charge in [-0.25, -0.2) is 15.0 Å². The van der Waals surface area contributed by atoms with Crippen LogP contribution in [0.4, 0.5) is 5.95 Å². The third-order valence-corrected chi connectivity index (χ3v) is 4.74. The molecule has 8 nitrogen and oxygen atoms in total. The predicted octanol–water partition coefficient (Wildman–Crippen LogP) is 2.85. The number of rotatable bonds is 4. The average Bonchev–Trinajstić information content (AvgIpc) is 3.26. The van der Waals surface area contributed by atoms with E-state index in [4.69, 9.17) is 22.4 Å². The zero-order chi connectivity index (χ0) is 19.2. The van der Waals surface area contributed by atoms with Gasteiger partial charge in [0.1, 0.15) is 11.3 Å². The molecule has 0 aliphatic heterocycles. The summed E-state index contributed by atoms with van der Waals surface area (Å²) in [5.41, 5.74) is 8.72. The molecule has 0 aromatic carbocycles. The summed E-state index contributed by atoms with van der Waals surface area (Å²) in [6.45, 7) is 3.72. The van der Waals surface area contributed by atoms with E-state index < -0.39 is 5.54 Å². The van der Waals surface area contributed by atoms with Gasteiger partial charge in [0.2, 0.25) is 5.95 Å². The fraction of sp³-hybridized carbons (Fsp3) is 0.222. The van der Waals surface area contributed by atoms with Gasteiger partial charge in [-0.05, 0) is 26.0 Å². The SMILES string of the molecule is CC(C)(CO)n1cc(-c2ccnc(N)n2)c(-c2cnc3[nH]cc(Cl)c3c2)n1. The Bertz CT molecular complexity index is 1130. The number of H-pyrrole nitrogens is 1. The van der Waals surface area contributed by atoms with E-state index in [2.05, 4.69) is 19.9 Å². The second-order valence-electron chi connectivity index (χ2n) is 6.86. The van der Waals surface area contributed by atoms with Crippen molar-refractivity contribution in [2.24, 2.45) is 0 Å². The normalized spacial score (nSPS) is 12.0. The summed E-state index contributed by atoms with van der Waals surface area (Å²) in [5, 5.41) is 15.8. The number of pyridine rings is 1. The highest BCUT2D eigenvalue weighted by molar-refractivity contribution is 6.35. The summed E-state index contributed by atoms with van der Waals surface area (Å²) in [4.78, 5) is 15.7. The molecule has 4 N–H and O–H groups in total. The van der Waals surface area contributed by atoms with Crippen LogP contribution in [-0.2, 0) is 5.54 Å². The smallest absolute Gasteiger partial charge is 0.220 e. The quantitative estimate of drug-likeness (QED) is 0.498. The van der Waals surface area contributed by atoms with Crippen LogP contribution in [0.25, 0.3) is 33.5 Å². The second kappa shape index (κ2) is 6.33. The number of hydrogen-bond acceptors (Lipinski definition) is 6. The second-order valence-corrected chi connectivity index (χ2v) is 7.27. The molecule has 0 unspecified atom stereocenters. The van der Waals surface area contributed by atoms with Crippen molar-refractivity contribution < 1.29 is 5.11 Å². The summed E-state index contributed by atoms with van der Waals surface area (Å²) < 4.78 is 1.72. The summed E-state index contributed by atoms with van der Waals surface area (Å²) in [6.07, 6.45) is 6.86. The van der Waals surface area contributed by atoms with Gasteiger partial charge in [-0.2, -0.15) is 5.10 Å². The molecule has 4 rings (SSSR count). The van der Waals surface area contributed by atoms with Gasteiger partial charge in [0.05, 0.1) is 22.9 Å². The van der Waals surface area contributed by atoms with E-state index in [0.717, 1.165) is 16.5 Å². The van der Waals surface area contributed by atoms with Crippen LogP contribution in [0.15, 0.2) is 36.9 Å². The first-order chi connectivity index (χ1) is 12.9. The van der Waals surface area contributed by atoms with Crippen molar-refractivity contribution >= 4 is 28.6 Å². The Labute approximate surface area is 160 Å². The van der Waals surface area contributed by atoms with Gasteiger partial charge in [0, 0.05) is 41.3 Å². The summed E-state index contributed by atoms with van der Waals surface area (Å²) in [6, 6.07) is 3.69. The lowest BCUT2D eigenvalue weighted by molar-refractivity contribution is 0.152. The molecule has 0 saturated heterocycles. The van der Waals surface area contributed by atoms with E-state index >= 15 is 0 Å². The van der Waals surface area contributed by atoms with Crippen molar-refractivity contribution in [1.29, 1.82) is 0 Å². The first-order valence-electron chi connectivity index (χ1n) is 8.32. The Kier molecular flexibility index (Phi) is 4.09. The average molecular weight is 384 g/mol. The molecule has 27 heavy (non-hydrogen) atoms. The highest BCUT2D eigenvalue weighted by Gasteiger charge is 2.24. The standard InChI is InChI=1S/C18H18ClN7O/c1-18(2,9-27)26-8-12(14-3-4-21-17(20)24-14)15(25-26)10-5-11-13(19)7-23-16(11)22-6-10/h3-8,27H,9H2,1-2H3,(H,22,23)(H2,20,21,24). The zero-order valence-corrected chi connectivity index (χ0v) is 15.6. The molecule has 0 saturated carbocycles. The van der Waals surface area contributed by atoms with Gasteiger partial charge in [-0.3, -0.25) is 4.68 Å². The van der Waals surface area contributed by atoms with Gasteiger partial charge < -0.3 is 15.8 Å². The van der Waals surface area contributed by atoms with E-state index in [1.807, 2.05) is 26.1 Å². The molecule has 0 fully saturated rings. The molecule has 0 amide bonds. The van der Waals surface area contributed by atoms with Gasteiger partial charge in [-0.1, -0.05) is 11.6 Å². The van der Waals surface area contributed by atoms with Crippen LogP contribution in [0.3, 0.4) is 0 Å². The van der Waals surface area contributed by atoms with Crippen LogP contribution < -0.4 is 5.73 Å². The fourth-order valence-corrected chi connectivity index (χ4v) is 2.98. The largest absolute Gasteiger partial charge is 0.394 e. The van der Waals surface area contributed by atoms with Crippen LogP contribution in [0.5, 0.6) is 0 Å². The molecule has 0 spiro atoms. The van der Waals surface area contributed by atoms with Crippen LogP contribution in [-0.4, -0.2) is 41.4 Å². The minimum absolute atomic E-state index is 0.0691. The number of hydrogen-bond donors (Lipinski definition) is 3. The number of nitrogens with zero attached hydrogens (tertiary/aromatic N) is 5. The van der Waals surface area contributed by atoms with Crippen molar-refractivity contribution in [3.8, 4) is 22.5 Å². The molecular weight excluding hydrogens is 366 g/mol. The number of fused-ring (bicyclic) bond motifs is 1. The molecule has 0 atom stereocenters. The number of anilines is 1. The topological polar surface area (TPSA) is 119 Å². The van der Waals surface area contributed by atoms with Crippen molar-refractivity contribution in [2.75, 3.05) is 12.3 Å². The minimum Gasteiger partial charge on any atom is -0.394 e. The molecule has 138 valence electrons. The summed E-state index contributed by atoms with van der Waals surface area (Å²) in [7, 11) is 0. The highest BCUT2D eigenvalue weighted by Crippen LogP contribution is 2.34. The molecule has 0 aliphatic carbocycles. The number of aliphatic hydroxyl groups is 1. The molecule has 0 aliphatic rings. The zero-order valence-electron chi connectivity index (χ0n) is 14.8. The summed E-state index contributed by atoms with van der Waals surface area (Å²) >= 11 is 6.24. The first kappa shape index (κ1) is 17.4. The van der Waals surface area contributed by atoms with Crippen molar-refractivity contribution in [2.45, 2.75) is 19.4 Å². The van der Waals surface area contributed by atoms with E-state index in [0.29, 0.717) is 22.1 Å². The fourth-order valence-electron chi connectivity index (χ4n) is 2.78. The Morgan fingerprint density at radius 1 is 1.33 bits per heavy atom. The number of aromatic nitrogens is 6. The maximum atomic E-state index is 9.74. The predicted molar refractivity (Wildman–Crippen MR) is 104 cm³/mol. The van der Waals surface area contributed by atoms with Crippen LogP contribution >= 0.6 is 11.6 Å². The number of nitrogen functional groups attached to an aromatic ring is 1. The maximum absolute atomic E-state index is 9.74. The van der Waals surface area contributed by atoms with Gasteiger partial charge in [0.15, 0.2) is 0 Å². The minimum atomic E-state index is -0.588. The van der Waals surface area contributed by atoms with E-state index in [1.165, 1.54) is 0 Å². The Morgan fingerprint density at radius 2 is 2.15 bits per heavy atom. The van der Waals surface area contributed by atoms with E-state index in [-0.39, 0.29) is 12.6 Å². The monoisotopic (exact) mass is 383 g/mol. The lowest BCUT2D eigenvalue weighted by Gasteiger charge is -2.22. The third kappa shape index (κ3) is 3.02. The van der Waals surface area contributed by atoms with E-state index in [1.54, 1.807) is 29.3 Å². The Hall–Kier alpha value is -2.97. The van der Waals surface area contributed by atoms with E-state index in [9.17, 15) is 5.11 Å². The van der Waals surface area contributed by atoms with Crippen LogP contribution in [0, 0.1) is 0 Å². The Balaban J connectivity index is 1.95. The molecular formula is C18H18ClN7O. The molecule has 4 aromatic rings. The molecule has 0 radical (unpaired) electrons. The third-order valence-electron chi connectivity index (χ3n) is 4.43. The van der Waals surface area contributed by atoms with Crippen molar-refractivity contribution in [1.82, 2.24) is 29.7 Å². The number of aromatic amines is 1. The lowest BCUT2D eigenvalue weighted by Crippen LogP contribution is -2.30. The highest BCUT2D eigenvalue weighted by atomic mass is 35.5. The van der Waals surface area contributed by atoms with Gasteiger partial charge in [0.25, 0.3) is 0 Å². The molecule has 9 heteroatoms. The van der Waals surface area contributed by atoms with Crippen LogP contribution in [0.1, 0.15) is 13.8 Å². The molecule has 4 heterocycles. The molecule has 0 bridgehead atoms. The Morgan fingerprint density at radius 3 is 2.89 bits per heavy atom. The number of nitrogens with one attached hydrogen (secondary N) is 1. The number of nitrogens with two attached hydrogens (primary N) is 1. The van der Waals surface area contributed by atoms with Crippen LogP contribution in [0.2, 0.25) is 5.02 Å².